The third kappa shape index (κ3) is 10.3. The van der Waals surface area contributed by atoms with E-state index in [0.29, 0.717) is 0 Å². The Balaban J connectivity index is 0.000000470. The summed E-state index contributed by atoms with van der Waals surface area (Å²) in [5.41, 5.74) is 18.7. The van der Waals surface area contributed by atoms with Gasteiger partial charge < -0.3 is 0 Å². The molecule has 0 bridgehead atoms. The Morgan fingerprint density at radius 3 is 0.750 bits per heavy atom. The van der Waals surface area contributed by atoms with Crippen molar-refractivity contribution in [1.82, 2.24) is 0 Å². The standard InChI is InChI=1S/C26H38.C16H24Br2/c1-7-13-15-17-19-25-23(11-5)21(9-3)22(10-4)24(12-6)26(25)20-18-16-14-8-2;1-5-11-12(6-2)14(8-4)16(10-18)15(9-17)13(11)7-3/h7-14,19-20H2,1-6H3;5-10H2,1-4H3. The number of hydrogen-bond acceptors (Lipinski definition) is 0. The molecule has 244 valence electrons. The molecular formula is C42H62Br2. The fourth-order valence-electron chi connectivity index (χ4n) is 7.08. The molecule has 0 nitrogen and oxygen atoms in total. The van der Waals surface area contributed by atoms with Gasteiger partial charge in [-0.1, -0.05) is 113 Å². The van der Waals surface area contributed by atoms with Crippen molar-refractivity contribution in [1.29, 1.82) is 0 Å². The van der Waals surface area contributed by atoms with Crippen molar-refractivity contribution in [2.75, 3.05) is 0 Å². The van der Waals surface area contributed by atoms with E-state index in [2.05, 4.69) is 125 Å². The molecule has 2 heteroatoms. The molecule has 0 unspecified atom stereocenters. The summed E-state index contributed by atoms with van der Waals surface area (Å²) in [6.07, 6.45) is 15.1. The third-order valence-corrected chi connectivity index (χ3v) is 10.1. The summed E-state index contributed by atoms with van der Waals surface area (Å²) in [4.78, 5) is 0. The van der Waals surface area contributed by atoms with E-state index in [-0.39, 0.29) is 0 Å². The van der Waals surface area contributed by atoms with E-state index in [9.17, 15) is 0 Å². The van der Waals surface area contributed by atoms with Crippen LogP contribution in [-0.2, 0) is 74.9 Å². The van der Waals surface area contributed by atoms with Gasteiger partial charge in [0, 0.05) is 36.3 Å². The number of hydrogen-bond donors (Lipinski definition) is 0. The highest BCUT2D eigenvalue weighted by molar-refractivity contribution is 9.09. The highest BCUT2D eigenvalue weighted by Crippen LogP contribution is 2.34. The number of halogens is 2. The maximum absolute atomic E-state index is 3.69. The molecule has 0 N–H and O–H groups in total. The van der Waals surface area contributed by atoms with Crippen LogP contribution in [0.2, 0.25) is 0 Å². The Bertz CT molecular complexity index is 1110. The first-order chi connectivity index (χ1) is 21.4. The van der Waals surface area contributed by atoms with Crippen molar-refractivity contribution in [2.45, 2.75) is 170 Å². The van der Waals surface area contributed by atoms with Gasteiger partial charge in [0.05, 0.1) is 0 Å². The van der Waals surface area contributed by atoms with Gasteiger partial charge in [-0.15, -0.1) is 11.8 Å². The summed E-state index contributed by atoms with van der Waals surface area (Å²) in [7, 11) is 0. The van der Waals surface area contributed by atoms with Crippen LogP contribution < -0.4 is 0 Å². The zero-order valence-electron chi connectivity index (χ0n) is 30.1. The largest absolute Gasteiger partial charge is 0.103 e. The molecule has 2 aromatic rings. The maximum Gasteiger partial charge on any atom is 0.0346 e. The summed E-state index contributed by atoms with van der Waals surface area (Å²) < 4.78 is 0. The van der Waals surface area contributed by atoms with E-state index in [0.717, 1.165) is 101 Å². The molecule has 0 aromatic heterocycles. The normalized spacial score (nSPS) is 10.5. The van der Waals surface area contributed by atoms with Crippen molar-refractivity contribution < 1.29 is 0 Å². The summed E-state index contributed by atoms with van der Waals surface area (Å²) >= 11 is 7.39. The Kier molecular flexibility index (Phi) is 21.1. The second kappa shape index (κ2) is 22.9. The second-order valence-electron chi connectivity index (χ2n) is 11.4. The monoisotopic (exact) mass is 724 g/mol. The van der Waals surface area contributed by atoms with Crippen LogP contribution in [0.3, 0.4) is 0 Å². The molecule has 44 heavy (non-hydrogen) atoms. The number of benzene rings is 2. The van der Waals surface area contributed by atoms with Crippen molar-refractivity contribution in [3.63, 3.8) is 0 Å². The van der Waals surface area contributed by atoms with E-state index >= 15 is 0 Å². The average molecular weight is 727 g/mol. The van der Waals surface area contributed by atoms with Gasteiger partial charge in [0.2, 0.25) is 0 Å². The van der Waals surface area contributed by atoms with Crippen LogP contribution in [0.15, 0.2) is 0 Å². The molecule has 0 amide bonds. The fraction of sp³-hybridized carbons (Fsp3) is 0.619. The van der Waals surface area contributed by atoms with Crippen LogP contribution in [0.5, 0.6) is 0 Å². The average Bonchev–Trinajstić information content (AvgIpc) is 3.06. The zero-order chi connectivity index (χ0) is 33.1. The van der Waals surface area contributed by atoms with Gasteiger partial charge in [-0.2, -0.15) is 0 Å². The molecule has 0 heterocycles. The number of unbranched alkanes of at least 4 members (excludes halogenated alkanes) is 2. The van der Waals surface area contributed by atoms with Gasteiger partial charge in [0.15, 0.2) is 0 Å². The van der Waals surface area contributed by atoms with Crippen LogP contribution in [0, 0.1) is 23.7 Å². The van der Waals surface area contributed by atoms with Gasteiger partial charge >= 0.3 is 0 Å². The lowest BCUT2D eigenvalue weighted by molar-refractivity contribution is 0.902. The number of alkyl halides is 2. The first-order valence-corrected chi connectivity index (χ1v) is 20.0. The molecule has 0 spiro atoms. The Morgan fingerprint density at radius 2 is 0.545 bits per heavy atom. The summed E-state index contributed by atoms with van der Waals surface area (Å²) in [6.45, 7) is 22.7. The first kappa shape index (κ1) is 40.5. The van der Waals surface area contributed by atoms with Gasteiger partial charge in [-0.05, 0) is 131 Å². The minimum Gasteiger partial charge on any atom is -0.103 e. The van der Waals surface area contributed by atoms with Crippen LogP contribution in [0.4, 0.5) is 0 Å². The molecule has 2 aromatic carbocycles. The highest BCUT2D eigenvalue weighted by atomic mass is 79.9. The molecule has 0 radical (unpaired) electrons. The summed E-state index contributed by atoms with van der Waals surface area (Å²) in [5, 5.41) is 1.95. The van der Waals surface area contributed by atoms with Gasteiger partial charge in [0.25, 0.3) is 0 Å². The fourth-order valence-corrected chi connectivity index (χ4v) is 8.43. The molecule has 0 atom stereocenters. The summed E-state index contributed by atoms with van der Waals surface area (Å²) in [6, 6.07) is 0. The topological polar surface area (TPSA) is 0 Å². The van der Waals surface area contributed by atoms with Gasteiger partial charge in [-0.25, -0.2) is 0 Å². The minimum absolute atomic E-state index is 0.887. The quantitative estimate of drug-likeness (QED) is 0.134. The molecule has 0 saturated heterocycles. The van der Waals surface area contributed by atoms with Crippen molar-refractivity contribution in [3.8, 4) is 23.7 Å². The molecule has 0 aliphatic heterocycles. The van der Waals surface area contributed by atoms with Crippen molar-refractivity contribution >= 4 is 31.9 Å². The van der Waals surface area contributed by atoms with Crippen LogP contribution in [0.1, 0.15) is 162 Å². The highest BCUT2D eigenvalue weighted by Gasteiger charge is 2.20. The number of rotatable bonds is 14. The van der Waals surface area contributed by atoms with Crippen LogP contribution in [0.25, 0.3) is 0 Å². The molecule has 0 saturated carbocycles. The predicted octanol–water partition coefficient (Wildman–Crippen LogP) is 12.4. The van der Waals surface area contributed by atoms with Crippen molar-refractivity contribution in [3.05, 3.63) is 66.8 Å². The second-order valence-corrected chi connectivity index (χ2v) is 12.5. The smallest absolute Gasteiger partial charge is 0.0346 e. The van der Waals surface area contributed by atoms with E-state index in [1.807, 2.05) is 0 Å². The summed E-state index contributed by atoms with van der Waals surface area (Å²) in [5.74, 6) is 13.6. The van der Waals surface area contributed by atoms with Crippen LogP contribution >= 0.6 is 31.9 Å². The Morgan fingerprint density at radius 1 is 0.318 bits per heavy atom. The lowest BCUT2D eigenvalue weighted by Crippen LogP contribution is -2.12. The Labute approximate surface area is 290 Å². The maximum atomic E-state index is 3.69. The first-order valence-electron chi connectivity index (χ1n) is 17.8. The molecule has 2 rings (SSSR count). The zero-order valence-corrected chi connectivity index (χ0v) is 33.2. The molecule has 0 aliphatic rings. The van der Waals surface area contributed by atoms with Gasteiger partial charge in [-0.3, -0.25) is 0 Å². The van der Waals surface area contributed by atoms with Crippen LogP contribution in [-0.4, -0.2) is 0 Å². The SMILES string of the molecule is CCCC#CCc1c(CC)c(CC)c(CC)c(CC)c1CC#CCCC.CCc1c(CC)c(CC)c(CBr)c(CBr)c1CC. The van der Waals surface area contributed by atoms with E-state index in [4.69, 9.17) is 0 Å². The van der Waals surface area contributed by atoms with Crippen molar-refractivity contribution in [2.24, 2.45) is 0 Å². The molecule has 0 aliphatic carbocycles. The van der Waals surface area contributed by atoms with E-state index < -0.39 is 0 Å². The predicted molar refractivity (Wildman–Crippen MR) is 206 cm³/mol. The third-order valence-electron chi connectivity index (χ3n) is 9.00. The van der Waals surface area contributed by atoms with Gasteiger partial charge in [0.1, 0.15) is 0 Å². The molecule has 0 fully saturated rings. The van der Waals surface area contributed by atoms with E-state index in [1.54, 1.807) is 44.5 Å². The molecular weight excluding hydrogens is 664 g/mol. The lowest BCUT2D eigenvalue weighted by Gasteiger charge is -2.24. The Hall–Kier alpha value is -1.48. The van der Waals surface area contributed by atoms with E-state index in [1.165, 1.54) is 22.3 Å². The lowest BCUT2D eigenvalue weighted by atomic mass is 9.80. The minimum atomic E-state index is 0.887.